The molecule has 0 atom stereocenters. The molecule has 1 aromatic heterocycles. The Morgan fingerprint density at radius 2 is 1.91 bits per heavy atom. The number of nitrogens with zero attached hydrogens (tertiary/aromatic N) is 1. The van der Waals surface area contributed by atoms with Crippen molar-refractivity contribution in [1.82, 2.24) is 4.98 Å². The normalized spacial score (nSPS) is 10.7. The van der Waals surface area contributed by atoms with E-state index in [1.807, 2.05) is 19.2 Å². The smallest absolute Gasteiger partial charge is 0.226 e. The van der Waals surface area contributed by atoms with Crippen LogP contribution in [0.1, 0.15) is 48.7 Å². The van der Waals surface area contributed by atoms with Crippen LogP contribution in [-0.2, 0) is 4.79 Å². The van der Waals surface area contributed by atoms with Gasteiger partial charge < -0.3 is 5.32 Å². The minimum atomic E-state index is -0.202. The van der Waals surface area contributed by atoms with Crippen molar-refractivity contribution in [2.24, 2.45) is 0 Å². The van der Waals surface area contributed by atoms with Gasteiger partial charge in [0.1, 0.15) is 0 Å². The molecule has 4 nitrogen and oxygen atoms in total. The number of amides is 1. The topological polar surface area (TPSA) is 59.1 Å². The van der Waals surface area contributed by atoms with Crippen LogP contribution in [0.3, 0.4) is 0 Å². The number of thiazole rings is 1. The van der Waals surface area contributed by atoms with Crippen LogP contribution in [-0.4, -0.2) is 16.7 Å². The summed E-state index contributed by atoms with van der Waals surface area (Å²) in [5.41, 5.74) is 1.52. The summed E-state index contributed by atoms with van der Waals surface area (Å²) in [6.45, 7) is 4.09. The molecule has 1 N–H and O–H groups in total. The van der Waals surface area contributed by atoms with Crippen LogP contribution in [0.5, 0.6) is 0 Å². The number of nitrogens with one attached hydrogen (secondary N) is 1. The Kier molecular flexibility index (Phi) is 5.69. The van der Waals surface area contributed by atoms with Crippen LogP contribution in [0.4, 0.5) is 5.13 Å². The molecule has 6 heteroatoms. The van der Waals surface area contributed by atoms with Crippen LogP contribution in [0, 0.1) is 0 Å². The zero-order valence-electron chi connectivity index (χ0n) is 12.4. The van der Waals surface area contributed by atoms with Gasteiger partial charge in [0, 0.05) is 28.8 Å². The number of carbonyl (C=O) groups is 2. The minimum absolute atomic E-state index is 0.0752. The molecule has 1 amide bonds. The molecule has 0 fully saturated rings. The zero-order chi connectivity index (χ0) is 16.1. The van der Waals surface area contributed by atoms with E-state index in [1.54, 1.807) is 24.3 Å². The van der Waals surface area contributed by atoms with Crippen LogP contribution in [0.15, 0.2) is 29.6 Å². The maximum Gasteiger partial charge on any atom is 0.226 e. The predicted octanol–water partition coefficient (Wildman–Crippen LogP) is 4.52. The third kappa shape index (κ3) is 4.64. The van der Waals surface area contributed by atoms with Crippen LogP contribution >= 0.6 is 22.9 Å². The molecule has 2 aromatic rings. The first-order valence-corrected chi connectivity index (χ1v) is 8.25. The molecule has 0 unspecified atom stereocenters. The van der Waals surface area contributed by atoms with Crippen LogP contribution < -0.4 is 5.32 Å². The van der Waals surface area contributed by atoms with Gasteiger partial charge in [-0.3, -0.25) is 9.59 Å². The predicted molar refractivity (Wildman–Crippen MR) is 89.8 cm³/mol. The second kappa shape index (κ2) is 7.51. The Bertz CT molecular complexity index is 665. The fourth-order valence-corrected chi connectivity index (χ4v) is 2.81. The molecule has 0 saturated heterocycles. The van der Waals surface area contributed by atoms with E-state index < -0.39 is 0 Å². The molecule has 0 radical (unpaired) electrons. The van der Waals surface area contributed by atoms with Crippen molar-refractivity contribution in [2.75, 3.05) is 5.32 Å². The second-order valence-electron chi connectivity index (χ2n) is 5.21. The number of hydrogen-bond acceptors (Lipinski definition) is 4. The average molecular weight is 337 g/mol. The van der Waals surface area contributed by atoms with Crippen molar-refractivity contribution in [3.63, 3.8) is 0 Å². The molecule has 0 aliphatic carbocycles. The third-order valence-corrected chi connectivity index (χ3v) is 4.13. The second-order valence-corrected chi connectivity index (χ2v) is 6.51. The molecular weight excluding hydrogens is 320 g/mol. The molecule has 0 spiro atoms. The summed E-state index contributed by atoms with van der Waals surface area (Å²) in [5, 5.41) is 5.82. The fourth-order valence-electron chi connectivity index (χ4n) is 1.80. The molecule has 22 heavy (non-hydrogen) atoms. The molecular formula is C16H17ClN2O2S. The minimum Gasteiger partial charge on any atom is -0.302 e. The first-order valence-electron chi connectivity index (χ1n) is 6.99. The Hall–Kier alpha value is -1.72. The summed E-state index contributed by atoms with van der Waals surface area (Å²) in [6.07, 6.45) is 0.300. The standard InChI is InChI=1S/C16H17ClN2O2S/c1-10(2)13-9-22-16(18-13)19-15(21)8-7-14(20)11-3-5-12(17)6-4-11/h3-6,9-10H,7-8H2,1-2H3,(H,18,19,21). The van der Waals surface area contributed by atoms with Gasteiger partial charge >= 0.3 is 0 Å². The molecule has 116 valence electrons. The third-order valence-electron chi connectivity index (χ3n) is 3.11. The lowest BCUT2D eigenvalue weighted by molar-refractivity contribution is -0.116. The molecule has 1 heterocycles. The number of halogens is 1. The number of Topliss-reactive ketones (excluding diaryl/α,β-unsaturated/α-hetero) is 1. The van der Waals surface area contributed by atoms with Crippen molar-refractivity contribution in [2.45, 2.75) is 32.6 Å². The molecule has 0 saturated carbocycles. The van der Waals surface area contributed by atoms with Crippen molar-refractivity contribution in [3.8, 4) is 0 Å². The van der Waals surface area contributed by atoms with Gasteiger partial charge in [0.05, 0.1) is 5.69 Å². The van der Waals surface area contributed by atoms with Crippen LogP contribution in [0.25, 0.3) is 0 Å². The van der Waals surface area contributed by atoms with E-state index in [4.69, 9.17) is 11.6 Å². The highest BCUT2D eigenvalue weighted by Crippen LogP contribution is 2.21. The van der Waals surface area contributed by atoms with Gasteiger partial charge in [-0.05, 0) is 30.2 Å². The Labute approximate surface area is 138 Å². The lowest BCUT2D eigenvalue weighted by Gasteiger charge is -2.03. The quantitative estimate of drug-likeness (QED) is 0.789. The summed E-state index contributed by atoms with van der Waals surface area (Å²) in [4.78, 5) is 28.2. The summed E-state index contributed by atoms with van der Waals surface area (Å²) >= 11 is 7.17. The molecule has 0 aliphatic heterocycles. The Morgan fingerprint density at radius 3 is 2.50 bits per heavy atom. The first kappa shape index (κ1) is 16.6. The van der Waals surface area contributed by atoms with E-state index in [0.29, 0.717) is 21.6 Å². The van der Waals surface area contributed by atoms with Gasteiger partial charge in [-0.25, -0.2) is 4.98 Å². The molecule has 0 bridgehead atoms. The maximum atomic E-state index is 12.0. The van der Waals surface area contributed by atoms with Crippen molar-refractivity contribution in [3.05, 3.63) is 45.9 Å². The summed E-state index contributed by atoms with van der Waals surface area (Å²) in [6, 6.07) is 6.66. The Balaban J connectivity index is 1.84. The van der Waals surface area contributed by atoms with E-state index in [-0.39, 0.29) is 24.5 Å². The van der Waals surface area contributed by atoms with Gasteiger partial charge in [0.25, 0.3) is 0 Å². The summed E-state index contributed by atoms with van der Waals surface area (Å²) in [7, 11) is 0. The van der Waals surface area contributed by atoms with Crippen LogP contribution in [0.2, 0.25) is 5.02 Å². The lowest BCUT2D eigenvalue weighted by atomic mass is 10.1. The number of benzene rings is 1. The van der Waals surface area contributed by atoms with Gasteiger partial charge in [-0.1, -0.05) is 25.4 Å². The van der Waals surface area contributed by atoms with E-state index in [1.165, 1.54) is 11.3 Å². The highest BCUT2D eigenvalue weighted by molar-refractivity contribution is 7.13. The van der Waals surface area contributed by atoms with E-state index in [0.717, 1.165) is 5.69 Å². The summed E-state index contributed by atoms with van der Waals surface area (Å²) in [5.74, 6) is 0.0502. The highest BCUT2D eigenvalue weighted by Gasteiger charge is 2.12. The number of carbonyl (C=O) groups excluding carboxylic acids is 2. The highest BCUT2D eigenvalue weighted by atomic mass is 35.5. The Morgan fingerprint density at radius 1 is 1.23 bits per heavy atom. The molecule has 1 aromatic carbocycles. The summed E-state index contributed by atoms with van der Waals surface area (Å²) < 4.78 is 0. The van der Waals surface area contributed by atoms with E-state index >= 15 is 0 Å². The average Bonchev–Trinajstić information content (AvgIpc) is 2.94. The molecule has 0 aliphatic rings. The monoisotopic (exact) mass is 336 g/mol. The van der Waals surface area contributed by atoms with Gasteiger partial charge in [0.15, 0.2) is 10.9 Å². The van der Waals surface area contributed by atoms with Gasteiger partial charge in [0.2, 0.25) is 5.91 Å². The SMILES string of the molecule is CC(C)c1csc(NC(=O)CCC(=O)c2ccc(Cl)cc2)n1. The van der Waals surface area contributed by atoms with Crippen molar-refractivity contribution in [1.29, 1.82) is 0 Å². The number of aromatic nitrogens is 1. The number of ketones is 1. The van der Waals surface area contributed by atoms with E-state index in [2.05, 4.69) is 10.3 Å². The van der Waals surface area contributed by atoms with Gasteiger partial charge in [-0.15, -0.1) is 11.3 Å². The van der Waals surface area contributed by atoms with E-state index in [9.17, 15) is 9.59 Å². The largest absolute Gasteiger partial charge is 0.302 e. The molecule has 2 rings (SSSR count). The first-order chi connectivity index (χ1) is 10.5. The fraction of sp³-hybridized carbons (Fsp3) is 0.312. The number of rotatable bonds is 6. The number of anilines is 1. The van der Waals surface area contributed by atoms with Crippen molar-refractivity contribution < 1.29 is 9.59 Å². The maximum absolute atomic E-state index is 12.0. The van der Waals surface area contributed by atoms with Crippen molar-refractivity contribution >= 4 is 39.8 Å². The number of hydrogen-bond donors (Lipinski definition) is 1. The zero-order valence-corrected chi connectivity index (χ0v) is 14.0. The lowest BCUT2D eigenvalue weighted by Crippen LogP contribution is -2.13. The van der Waals surface area contributed by atoms with Gasteiger partial charge in [-0.2, -0.15) is 0 Å².